The Kier molecular flexibility index (Phi) is 3.96. The summed E-state index contributed by atoms with van der Waals surface area (Å²) in [7, 11) is -1.44. The summed E-state index contributed by atoms with van der Waals surface area (Å²) in [6, 6.07) is 17.6. The molecule has 0 saturated carbocycles. The van der Waals surface area contributed by atoms with E-state index in [2.05, 4.69) is 0 Å². The Morgan fingerprint density at radius 3 is 2.50 bits per heavy atom. The third-order valence-corrected chi connectivity index (χ3v) is 7.47. The summed E-state index contributed by atoms with van der Waals surface area (Å²) in [5, 5.41) is 0. The molecule has 5 heteroatoms. The van der Waals surface area contributed by atoms with Crippen LogP contribution in [-0.4, -0.2) is 9.99 Å². The van der Waals surface area contributed by atoms with Crippen LogP contribution in [0.2, 0.25) is 0 Å². The van der Waals surface area contributed by atoms with Crippen LogP contribution in [0.1, 0.15) is 26.4 Å². The number of ketones is 1. The Morgan fingerprint density at radius 2 is 1.75 bits per heavy atom. The van der Waals surface area contributed by atoms with E-state index in [1.165, 1.54) is 11.3 Å². The van der Waals surface area contributed by atoms with Crippen LogP contribution >= 0.6 is 11.3 Å². The summed E-state index contributed by atoms with van der Waals surface area (Å²) in [6.45, 7) is 3.93. The second-order valence-corrected chi connectivity index (χ2v) is 9.43. The molecule has 0 fully saturated rings. The summed E-state index contributed by atoms with van der Waals surface area (Å²) in [5.74, 6) is 0.673. The number of aryl methyl sites for hydroxylation is 2. The minimum atomic E-state index is -1.44. The van der Waals surface area contributed by atoms with E-state index in [0.717, 1.165) is 37.6 Å². The fourth-order valence-electron chi connectivity index (χ4n) is 3.37. The number of rotatable bonds is 2. The first kappa shape index (κ1) is 17.3. The van der Waals surface area contributed by atoms with Gasteiger partial charge in [-0.05, 0) is 49.2 Å². The number of allylic oxidation sites excluding steroid dienone is 1. The molecule has 3 heterocycles. The fourth-order valence-corrected chi connectivity index (χ4v) is 5.80. The first-order valence-electron chi connectivity index (χ1n) is 8.89. The zero-order chi connectivity index (χ0) is 19.4. The van der Waals surface area contributed by atoms with Gasteiger partial charge in [-0.2, -0.15) is 0 Å². The average molecular weight is 405 g/mol. The third-order valence-electron chi connectivity index (χ3n) is 5.02. The van der Waals surface area contributed by atoms with Gasteiger partial charge in [0, 0.05) is 22.1 Å². The van der Waals surface area contributed by atoms with Gasteiger partial charge in [0.25, 0.3) is 0 Å². The molecule has 2 aromatic carbocycles. The number of hydrogen-bond acceptors (Lipinski definition) is 4. The van der Waals surface area contributed by atoms with Crippen molar-refractivity contribution >= 4 is 44.3 Å². The average Bonchev–Trinajstić information content (AvgIpc) is 3.31. The summed E-state index contributed by atoms with van der Waals surface area (Å²) in [6.07, 6.45) is 1.74. The van der Waals surface area contributed by atoms with Crippen LogP contribution in [0.15, 0.2) is 68.8 Å². The van der Waals surface area contributed by atoms with Crippen molar-refractivity contribution in [2.45, 2.75) is 18.7 Å². The zero-order valence-electron chi connectivity index (χ0n) is 15.3. The van der Waals surface area contributed by atoms with Crippen molar-refractivity contribution in [2.75, 3.05) is 0 Å². The normalized spacial score (nSPS) is 17.6. The largest absolute Gasteiger partial charge is 0.455 e. The predicted octanol–water partition coefficient (Wildman–Crippen LogP) is 6.12. The van der Waals surface area contributed by atoms with Gasteiger partial charge in [-0.3, -0.25) is 4.79 Å². The number of Topliss-reactive ketones (excluding diaryl/α,β-unsaturated/α-hetero) is 1. The number of furan rings is 1. The van der Waals surface area contributed by atoms with E-state index in [1.807, 2.05) is 68.4 Å². The molecule has 5 rings (SSSR count). The molecule has 1 aliphatic heterocycles. The van der Waals surface area contributed by atoms with Crippen molar-refractivity contribution in [3.63, 3.8) is 0 Å². The van der Waals surface area contributed by atoms with Crippen molar-refractivity contribution in [3.05, 3.63) is 81.1 Å². The fraction of sp³-hybridized carbons (Fsp3) is 0.0870. The standard InChI is InChI=1S/C23H16O3S2/c1-13-8-17-21(9-14(13)2)28(25)22(23(17)24)11-16-10-19-20(27-16)12-18(26-19)15-6-4-3-5-7-15/h3-12H,1-2H3/b22-11+. The smallest absolute Gasteiger partial charge is 0.203 e. The molecule has 138 valence electrons. The Morgan fingerprint density at radius 1 is 1.00 bits per heavy atom. The molecule has 1 aliphatic rings. The lowest BCUT2D eigenvalue weighted by Gasteiger charge is -2.01. The molecule has 4 aromatic rings. The summed E-state index contributed by atoms with van der Waals surface area (Å²) in [4.78, 5) is 14.6. The van der Waals surface area contributed by atoms with Crippen LogP contribution in [0.25, 0.3) is 27.7 Å². The molecule has 1 atom stereocenters. The van der Waals surface area contributed by atoms with E-state index in [4.69, 9.17) is 4.42 Å². The second-order valence-electron chi connectivity index (χ2n) is 6.89. The molecular formula is C23H16O3S2. The maximum absolute atomic E-state index is 12.9. The SMILES string of the molecule is Cc1cc2c(cc1C)S(=O)/C(=C/c1cc3oc(-c4ccccc4)cc3s1)C2=O. The molecule has 0 radical (unpaired) electrons. The lowest BCUT2D eigenvalue weighted by Crippen LogP contribution is -1.96. The Balaban J connectivity index is 1.53. The quantitative estimate of drug-likeness (QED) is 0.378. The Bertz CT molecular complexity index is 1230. The van der Waals surface area contributed by atoms with Crippen molar-refractivity contribution < 1.29 is 13.4 Å². The molecular weight excluding hydrogens is 388 g/mol. The van der Waals surface area contributed by atoms with Crippen molar-refractivity contribution in [1.29, 1.82) is 0 Å². The van der Waals surface area contributed by atoms with Gasteiger partial charge in [0.2, 0.25) is 5.78 Å². The van der Waals surface area contributed by atoms with Gasteiger partial charge in [-0.1, -0.05) is 30.3 Å². The van der Waals surface area contributed by atoms with Gasteiger partial charge in [0.05, 0.1) is 25.3 Å². The van der Waals surface area contributed by atoms with Gasteiger partial charge < -0.3 is 4.42 Å². The topological polar surface area (TPSA) is 47.3 Å². The molecule has 3 nitrogen and oxygen atoms in total. The second kappa shape index (κ2) is 6.40. The number of carbonyl (C=O) groups is 1. The van der Waals surface area contributed by atoms with Crippen LogP contribution in [0.4, 0.5) is 0 Å². The van der Waals surface area contributed by atoms with E-state index in [-0.39, 0.29) is 5.78 Å². The van der Waals surface area contributed by atoms with Gasteiger partial charge in [0.1, 0.15) is 11.3 Å². The third kappa shape index (κ3) is 2.70. The van der Waals surface area contributed by atoms with E-state index in [0.29, 0.717) is 15.4 Å². The Hall–Kier alpha value is -2.76. The molecule has 0 amide bonds. The van der Waals surface area contributed by atoms with E-state index in [9.17, 15) is 9.00 Å². The van der Waals surface area contributed by atoms with Crippen molar-refractivity contribution in [1.82, 2.24) is 0 Å². The van der Waals surface area contributed by atoms with E-state index < -0.39 is 10.8 Å². The maximum Gasteiger partial charge on any atom is 0.203 e. The number of carbonyl (C=O) groups excluding carboxylic acids is 1. The van der Waals surface area contributed by atoms with Gasteiger partial charge >= 0.3 is 0 Å². The van der Waals surface area contributed by atoms with E-state index in [1.54, 1.807) is 6.08 Å². The number of thiophene rings is 1. The van der Waals surface area contributed by atoms with Crippen LogP contribution < -0.4 is 0 Å². The van der Waals surface area contributed by atoms with Gasteiger partial charge in [-0.15, -0.1) is 11.3 Å². The highest BCUT2D eigenvalue weighted by atomic mass is 32.2. The molecule has 28 heavy (non-hydrogen) atoms. The molecule has 0 spiro atoms. The summed E-state index contributed by atoms with van der Waals surface area (Å²) >= 11 is 1.53. The number of benzene rings is 2. The molecule has 0 aliphatic carbocycles. The molecule has 2 aromatic heterocycles. The molecule has 0 N–H and O–H groups in total. The highest BCUT2D eigenvalue weighted by molar-refractivity contribution is 7.91. The van der Waals surface area contributed by atoms with Gasteiger partial charge in [-0.25, -0.2) is 4.21 Å². The minimum Gasteiger partial charge on any atom is -0.455 e. The van der Waals surface area contributed by atoms with Crippen LogP contribution in [0.5, 0.6) is 0 Å². The lowest BCUT2D eigenvalue weighted by molar-refractivity contribution is 0.104. The first-order valence-corrected chi connectivity index (χ1v) is 10.9. The monoisotopic (exact) mass is 404 g/mol. The zero-order valence-corrected chi connectivity index (χ0v) is 16.9. The Labute approximate surface area is 168 Å². The van der Waals surface area contributed by atoms with Crippen molar-refractivity contribution in [3.8, 4) is 11.3 Å². The summed E-state index contributed by atoms with van der Waals surface area (Å²) in [5.41, 5.74) is 4.44. The van der Waals surface area contributed by atoms with Crippen LogP contribution in [0.3, 0.4) is 0 Å². The number of hydrogen-bond donors (Lipinski definition) is 0. The highest BCUT2D eigenvalue weighted by Gasteiger charge is 2.32. The predicted molar refractivity (Wildman–Crippen MR) is 114 cm³/mol. The molecule has 1 unspecified atom stereocenters. The number of fused-ring (bicyclic) bond motifs is 2. The summed E-state index contributed by atoms with van der Waals surface area (Å²) < 4.78 is 19.8. The molecule has 0 bridgehead atoms. The maximum atomic E-state index is 12.9. The van der Waals surface area contributed by atoms with Crippen LogP contribution in [-0.2, 0) is 10.8 Å². The molecule has 0 saturated heterocycles. The van der Waals surface area contributed by atoms with Crippen LogP contribution in [0, 0.1) is 13.8 Å². The minimum absolute atomic E-state index is 0.147. The first-order chi connectivity index (χ1) is 13.5. The van der Waals surface area contributed by atoms with Crippen molar-refractivity contribution in [2.24, 2.45) is 0 Å². The van der Waals surface area contributed by atoms with E-state index >= 15 is 0 Å². The highest BCUT2D eigenvalue weighted by Crippen LogP contribution is 2.37. The van der Waals surface area contributed by atoms with Gasteiger partial charge in [0.15, 0.2) is 0 Å². The lowest BCUT2D eigenvalue weighted by atomic mass is 10.0.